The van der Waals surface area contributed by atoms with Gasteiger partial charge < -0.3 is 10.1 Å². The molecule has 0 atom stereocenters. The van der Waals surface area contributed by atoms with E-state index in [9.17, 15) is 13.2 Å². The van der Waals surface area contributed by atoms with Crippen LogP contribution in [0.25, 0.3) is 0 Å². The topological polar surface area (TPSA) is 34.1 Å². The molecule has 0 unspecified atom stereocenters. The zero-order valence-corrected chi connectivity index (χ0v) is 10.1. The van der Waals surface area contributed by atoms with Crippen LogP contribution in [0.2, 0.25) is 0 Å². The number of halogens is 3. The molecule has 0 bridgehead atoms. The molecule has 0 aliphatic rings. The molecule has 0 aliphatic carbocycles. The molecule has 0 aliphatic heterocycles. The second-order valence-corrected chi connectivity index (χ2v) is 3.68. The zero-order valence-electron chi connectivity index (χ0n) is 10.1. The number of ether oxygens (including phenoxy) is 1. The third-order valence-electron chi connectivity index (χ3n) is 2.29. The van der Waals surface area contributed by atoms with E-state index >= 15 is 0 Å². The van der Waals surface area contributed by atoms with Crippen LogP contribution in [0.1, 0.15) is 6.92 Å². The van der Waals surface area contributed by atoms with E-state index in [4.69, 9.17) is 4.74 Å². The molecule has 0 amide bonds. The van der Waals surface area contributed by atoms with E-state index in [1.165, 1.54) is 0 Å². The van der Waals surface area contributed by atoms with E-state index in [1.807, 2.05) is 6.92 Å². The number of nitrogens with zero attached hydrogens (tertiary/aromatic N) is 1. The Morgan fingerprint density at radius 3 is 2.68 bits per heavy atom. The predicted octanol–water partition coefficient (Wildman–Crippen LogP) is 3.64. The Bertz CT molecular complexity index is 590. The van der Waals surface area contributed by atoms with Crippen molar-refractivity contribution in [2.75, 3.05) is 11.9 Å². The van der Waals surface area contributed by atoms with Crippen molar-refractivity contribution in [1.82, 2.24) is 4.98 Å². The van der Waals surface area contributed by atoms with E-state index in [0.717, 1.165) is 0 Å². The van der Waals surface area contributed by atoms with Crippen LogP contribution in [0.5, 0.6) is 5.75 Å². The second-order valence-electron chi connectivity index (χ2n) is 3.68. The van der Waals surface area contributed by atoms with Crippen LogP contribution in [0.4, 0.5) is 24.7 Å². The molecule has 0 radical (unpaired) electrons. The minimum atomic E-state index is -1.36. The number of pyridine rings is 1. The van der Waals surface area contributed by atoms with Crippen LogP contribution in [0.15, 0.2) is 30.3 Å². The minimum absolute atomic E-state index is 0.382. The van der Waals surface area contributed by atoms with Crippen molar-refractivity contribution in [3.05, 3.63) is 47.9 Å². The fourth-order valence-corrected chi connectivity index (χ4v) is 1.50. The quantitative estimate of drug-likeness (QED) is 0.859. The molecule has 1 N–H and O–H groups in total. The first-order chi connectivity index (χ1) is 9.10. The van der Waals surface area contributed by atoms with E-state index in [-0.39, 0.29) is 5.82 Å². The van der Waals surface area contributed by atoms with Crippen molar-refractivity contribution >= 4 is 11.5 Å². The normalized spacial score (nSPS) is 10.3. The number of anilines is 2. The summed E-state index contributed by atoms with van der Waals surface area (Å²) in [5, 5.41) is 2.57. The van der Waals surface area contributed by atoms with E-state index in [0.29, 0.717) is 24.1 Å². The lowest BCUT2D eigenvalue weighted by molar-refractivity contribution is 0.340. The summed E-state index contributed by atoms with van der Waals surface area (Å²) in [5.41, 5.74) is 0.461. The van der Waals surface area contributed by atoms with Gasteiger partial charge in [-0.3, -0.25) is 0 Å². The van der Waals surface area contributed by atoms with Crippen LogP contribution in [0, 0.1) is 17.6 Å². The van der Waals surface area contributed by atoms with Crippen LogP contribution in [0.3, 0.4) is 0 Å². The first-order valence-corrected chi connectivity index (χ1v) is 5.61. The summed E-state index contributed by atoms with van der Waals surface area (Å²) in [6.07, 6.45) is 0. The largest absolute Gasteiger partial charge is 0.494 e. The van der Waals surface area contributed by atoms with Gasteiger partial charge in [-0.2, -0.15) is 9.37 Å². The summed E-state index contributed by atoms with van der Waals surface area (Å²) in [6, 6.07) is 7.09. The Hall–Kier alpha value is -2.24. The van der Waals surface area contributed by atoms with Gasteiger partial charge in [0.05, 0.1) is 6.61 Å². The van der Waals surface area contributed by atoms with Crippen molar-refractivity contribution < 1.29 is 17.9 Å². The molecule has 0 saturated carbocycles. The molecule has 1 aromatic heterocycles. The number of benzene rings is 1. The Balaban J connectivity index is 2.25. The van der Waals surface area contributed by atoms with Gasteiger partial charge in [-0.1, -0.05) is 6.07 Å². The molecule has 1 heterocycles. The number of aromatic nitrogens is 1. The maximum atomic E-state index is 13.4. The standard InChI is InChI=1S/C13H11F3N2O/c1-2-19-9-5-3-4-8(6-9)17-13-11(15)7-10(14)12(16)18-13/h3-7H,2H2,1H3,(H,17,18). The highest BCUT2D eigenvalue weighted by Crippen LogP contribution is 2.23. The summed E-state index contributed by atoms with van der Waals surface area (Å²) in [7, 11) is 0. The van der Waals surface area contributed by atoms with E-state index < -0.39 is 17.6 Å². The molecule has 2 aromatic rings. The lowest BCUT2D eigenvalue weighted by Crippen LogP contribution is -2.02. The SMILES string of the molecule is CCOc1cccc(Nc2nc(F)c(F)cc2F)c1. The molecule has 0 saturated heterocycles. The molecule has 0 fully saturated rings. The van der Waals surface area contributed by atoms with Gasteiger partial charge in [-0.15, -0.1) is 0 Å². The van der Waals surface area contributed by atoms with Gasteiger partial charge in [0, 0.05) is 17.8 Å². The third-order valence-corrected chi connectivity index (χ3v) is 2.29. The summed E-state index contributed by atoms with van der Waals surface area (Å²) < 4.78 is 44.4. The van der Waals surface area contributed by atoms with Gasteiger partial charge in [0.1, 0.15) is 5.75 Å². The minimum Gasteiger partial charge on any atom is -0.494 e. The average Bonchev–Trinajstić information content (AvgIpc) is 2.37. The first kappa shape index (κ1) is 13.2. The van der Waals surface area contributed by atoms with Crippen molar-refractivity contribution in [1.29, 1.82) is 0 Å². The fraction of sp³-hybridized carbons (Fsp3) is 0.154. The highest BCUT2D eigenvalue weighted by atomic mass is 19.2. The van der Waals surface area contributed by atoms with Gasteiger partial charge in [-0.25, -0.2) is 8.78 Å². The van der Waals surface area contributed by atoms with Gasteiger partial charge in [0.2, 0.25) is 0 Å². The zero-order chi connectivity index (χ0) is 13.8. The van der Waals surface area contributed by atoms with E-state index in [2.05, 4.69) is 10.3 Å². The van der Waals surface area contributed by atoms with Gasteiger partial charge in [0.15, 0.2) is 17.5 Å². The Morgan fingerprint density at radius 2 is 1.95 bits per heavy atom. The molecule has 6 heteroatoms. The van der Waals surface area contributed by atoms with Crippen LogP contribution < -0.4 is 10.1 Å². The third kappa shape index (κ3) is 3.15. The average molecular weight is 268 g/mol. The molecular weight excluding hydrogens is 257 g/mol. The van der Waals surface area contributed by atoms with Crippen molar-refractivity contribution in [2.24, 2.45) is 0 Å². The molecule has 3 nitrogen and oxygen atoms in total. The van der Waals surface area contributed by atoms with Crippen LogP contribution in [-0.4, -0.2) is 11.6 Å². The molecule has 1 aromatic carbocycles. The Labute approximate surface area is 108 Å². The number of nitrogens with one attached hydrogen (secondary N) is 1. The smallest absolute Gasteiger partial charge is 0.251 e. The Morgan fingerprint density at radius 1 is 1.16 bits per heavy atom. The van der Waals surface area contributed by atoms with Gasteiger partial charge in [0.25, 0.3) is 5.95 Å². The molecule has 19 heavy (non-hydrogen) atoms. The summed E-state index contributed by atoms with van der Waals surface area (Å²) >= 11 is 0. The predicted molar refractivity (Wildman–Crippen MR) is 65.0 cm³/mol. The van der Waals surface area contributed by atoms with Crippen molar-refractivity contribution in [3.63, 3.8) is 0 Å². The van der Waals surface area contributed by atoms with Crippen molar-refractivity contribution in [2.45, 2.75) is 6.92 Å². The Kier molecular flexibility index (Phi) is 3.89. The van der Waals surface area contributed by atoms with Gasteiger partial charge >= 0.3 is 0 Å². The molecule has 2 rings (SSSR count). The monoisotopic (exact) mass is 268 g/mol. The molecule has 0 spiro atoms. The van der Waals surface area contributed by atoms with Crippen LogP contribution >= 0.6 is 0 Å². The number of rotatable bonds is 4. The molecule has 100 valence electrons. The van der Waals surface area contributed by atoms with Crippen molar-refractivity contribution in [3.8, 4) is 5.75 Å². The molecular formula is C13H11F3N2O. The van der Waals surface area contributed by atoms with Gasteiger partial charge in [-0.05, 0) is 19.1 Å². The summed E-state index contributed by atoms with van der Waals surface area (Å²) in [4.78, 5) is 3.17. The highest BCUT2D eigenvalue weighted by molar-refractivity contribution is 5.58. The lowest BCUT2D eigenvalue weighted by Gasteiger charge is -2.09. The number of hydrogen-bond acceptors (Lipinski definition) is 3. The highest BCUT2D eigenvalue weighted by Gasteiger charge is 2.11. The summed E-state index contributed by atoms with van der Waals surface area (Å²) in [5.74, 6) is -3.46. The lowest BCUT2D eigenvalue weighted by atomic mass is 10.3. The second kappa shape index (κ2) is 5.60. The van der Waals surface area contributed by atoms with Crippen LogP contribution in [-0.2, 0) is 0 Å². The summed E-state index contributed by atoms with van der Waals surface area (Å²) in [6.45, 7) is 2.32. The van der Waals surface area contributed by atoms with E-state index in [1.54, 1.807) is 24.3 Å². The maximum absolute atomic E-state index is 13.4. The fourth-order valence-electron chi connectivity index (χ4n) is 1.50. The first-order valence-electron chi connectivity index (χ1n) is 5.61. The maximum Gasteiger partial charge on any atom is 0.251 e. The number of hydrogen-bond donors (Lipinski definition) is 1.